The van der Waals surface area contributed by atoms with Crippen molar-refractivity contribution in [1.82, 2.24) is 5.32 Å². The molecule has 1 aromatic carbocycles. The second-order valence-electron chi connectivity index (χ2n) is 3.51. The van der Waals surface area contributed by atoms with Crippen LogP contribution in [0.3, 0.4) is 0 Å². The molecule has 0 saturated heterocycles. The summed E-state index contributed by atoms with van der Waals surface area (Å²) in [7, 11) is 0. The monoisotopic (exact) mass is 320 g/mol. The molecule has 0 aliphatic heterocycles. The van der Waals surface area contributed by atoms with E-state index in [1.807, 2.05) is 5.32 Å². The molecule has 7 nitrogen and oxygen atoms in total. The van der Waals surface area contributed by atoms with Crippen molar-refractivity contribution in [3.8, 4) is 0 Å². The Morgan fingerprint density at radius 3 is 2.55 bits per heavy atom. The maximum Gasteiger partial charge on any atom is 0.329 e. The number of hydrogen-bond donors (Lipinski definition) is 3. The minimum Gasteiger partial charge on any atom is -0.480 e. The van der Waals surface area contributed by atoms with E-state index in [9.17, 15) is 14.4 Å². The zero-order valence-corrected chi connectivity index (χ0v) is 11.5. The molecule has 0 atom stereocenters. The summed E-state index contributed by atoms with van der Waals surface area (Å²) in [6.07, 6.45) is 0. The van der Waals surface area contributed by atoms with E-state index in [0.29, 0.717) is 5.02 Å². The molecule has 0 unspecified atom stereocenters. The molecule has 9 heteroatoms. The first-order valence-corrected chi connectivity index (χ1v) is 5.99. The van der Waals surface area contributed by atoms with Crippen LogP contribution in [0.2, 0.25) is 10.0 Å². The number of urea groups is 1. The van der Waals surface area contributed by atoms with Crippen molar-refractivity contribution in [3.05, 3.63) is 28.2 Å². The van der Waals surface area contributed by atoms with Gasteiger partial charge in [0.2, 0.25) is 0 Å². The van der Waals surface area contributed by atoms with Crippen LogP contribution in [-0.2, 0) is 14.3 Å². The fourth-order valence-corrected chi connectivity index (χ4v) is 1.48. The summed E-state index contributed by atoms with van der Waals surface area (Å²) in [6.45, 7) is -1.18. The normalized spacial score (nSPS) is 9.90. The summed E-state index contributed by atoms with van der Waals surface area (Å²) >= 11 is 11.6. The lowest BCUT2D eigenvalue weighted by atomic mass is 10.3. The average molecular weight is 321 g/mol. The first kappa shape index (κ1) is 16.2. The smallest absolute Gasteiger partial charge is 0.329 e. The number of imide groups is 1. The molecule has 0 bridgehead atoms. The van der Waals surface area contributed by atoms with E-state index < -0.39 is 31.1 Å². The number of carbonyl (C=O) groups excluding carboxylic acids is 2. The van der Waals surface area contributed by atoms with Crippen LogP contribution in [0.4, 0.5) is 10.5 Å². The van der Waals surface area contributed by atoms with Crippen molar-refractivity contribution in [3.63, 3.8) is 0 Å². The molecule has 0 fully saturated rings. The first-order chi connectivity index (χ1) is 9.38. The van der Waals surface area contributed by atoms with Gasteiger partial charge in [-0.25, -0.2) is 9.59 Å². The number of hydrogen-bond acceptors (Lipinski definition) is 4. The van der Waals surface area contributed by atoms with Gasteiger partial charge in [-0.15, -0.1) is 0 Å². The third kappa shape index (κ3) is 5.87. The number of halogens is 2. The number of amides is 3. The third-order valence-corrected chi connectivity index (χ3v) is 2.45. The van der Waals surface area contributed by atoms with Gasteiger partial charge in [-0.05, 0) is 18.2 Å². The molecular formula is C11H10Cl2N2O5. The molecule has 0 radical (unpaired) electrons. The van der Waals surface area contributed by atoms with Crippen LogP contribution < -0.4 is 10.6 Å². The predicted molar refractivity (Wildman–Crippen MR) is 72.1 cm³/mol. The summed E-state index contributed by atoms with van der Waals surface area (Å²) < 4.78 is 4.51. The molecule has 3 amide bonds. The largest absolute Gasteiger partial charge is 0.480 e. The van der Waals surface area contributed by atoms with Crippen molar-refractivity contribution in [2.45, 2.75) is 0 Å². The summed E-state index contributed by atoms with van der Waals surface area (Å²) in [6, 6.07) is 3.60. The number of aliphatic carboxylic acids is 1. The Morgan fingerprint density at radius 2 is 1.90 bits per heavy atom. The first-order valence-electron chi connectivity index (χ1n) is 5.24. The second kappa shape index (κ2) is 7.68. The lowest BCUT2D eigenvalue weighted by Crippen LogP contribution is -2.37. The number of ether oxygens (including phenoxy) is 1. The van der Waals surface area contributed by atoms with Crippen molar-refractivity contribution in [1.29, 1.82) is 0 Å². The molecule has 1 aromatic rings. The van der Waals surface area contributed by atoms with E-state index in [1.54, 1.807) is 0 Å². The van der Waals surface area contributed by atoms with Crippen LogP contribution in [0.15, 0.2) is 18.2 Å². The fourth-order valence-electron chi connectivity index (χ4n) is 1.14. The lowest BCUT2D eigenvalue weighted by molar-refractivity contribution is -0.143. The van der Waals surface area contributed by atoms with Gasteiger partial charge in [0.1, 0.15) is 13.2 Å². The van der Waals surface area contributed by atoms with Crippen molar-refractivity contribution < 1.29 is 24.2 Å². The Balaban J connectivity index is 2.45. The van der Waals surface area contributed by atoms with Crippen molar-refractivity contribution >= 4 is 46.8 Å². The Bertz CT molecular complexity index is 536. The van der Waals surface area contributed by atoms with Gasteiger partial charge in [-0.2, -0.15) is 0 Å². The maximum absolute atomic E-state index is 11.5. The molecule has 0 aliphatic rings. The zero-order chi connectivity index (χ0) is 15.1. The second-order valence-corrected chi connectivity index (χ2v) is 4.36. The highest BCUT2D eigenvalue weighted by molar-refractivity contribution is 6.35. The van der Waals surface area contributed by atoms with Crippen LogP contribution in [0.25, 0.3) is 0 Å². The van der Waals surface area contributed by atoms with Crippen LogP contribution in [-0.4, -0.2) is 36.2 Å². The van der Waals surface area contributed by atoms with E-state index >= 15 is 0 Å². The maximum atomic E-state index is 11.5. The number of benzene rings is 1. The molecule has 1 rings (SSSR count). The Kier molecular flexibility index (Phi) is 6.23. The molecule has 0 heterocycles. The van der Waals surface area contributed by atoms with Gasteiger partial charge in [-0.1, -0.05) is 23.2 Å². The van der Waals surface area contributed by atoms with E-state index in [4.69, 9.17) is 28.3 Å². The number of anilines is 1. The quantitative estimate of drug-likeness (QED) is 0.766. The Morgan fingerprint density at radius 1 is 1.20 bits per heavy atom. The summed E-state index contributed by atoms with van der Waals surface area (Å²) in [5, 5.41) is 13.2. The predicted octanol–water partition coefficient (Wildman–Crippen LogP) is 1.74. The standard InChI is InChI=1S/C11H10Cl2N2O5/c12-6-1-2-7(13)8(3-6)14-11(19)15-9(16)4-20-5-10(17)18/h1-3H,4-5H2,(H,17,18)(H2,14,15,16,19). The molecule has 3 N–H and O–H groups in total. The minimum absolute atomic E-state index is 0.232. The fraction of sp³-hybridized carbons (Fsp3) is 0.182. The third-order valence-electron chi connectivity index (χ3n) is 1.89. The molecule has 108 valence electrons. The van der Waals surface area contributed by atoms with Gasteiger partial charge in [-0.3, -0.25) is 10.1 Å². The highest BCUT2D eigenvalue weighted by atomic mass is 35.5. The average Bonchev–Trinajstić information content (AvgIpc) is 2.33. The molecular weight excluding hydrogens is 311 g/mol. The van der Waals surface area contributed by atoms with Crippen LogP contribution in [0.1, 0.15) is 0 Å². The Hall–Kier alpha value is -1.83. The molecule has 20 heavy (non-hydrogen) atoms. The van der Waals surface area contributed by atoms with Gasteiger partial charge in [0, 0.05) is 5.02 Å². The molecule has 0 aliphatic carbocycles. The van der Waals surface area contributed by atoms with E-state index in [1.165, 1.54) is 18.2 Å². The number of carbonyl (C=O) groups is 3. The SMILES string of the molecule is O=C(O)COCC(=O)NC(=O)Nc1cc(Cl)ccc1Cl. The highest BCUT2D eigenvalue weighted by Crippen LogP contribution is 2.25. The van der Waals surface area contributed by atoms with Crippen molar-refractivity contribution in [2.24, 2.45) is 0 Å². The van der Waals surface area contributed by atoms with Gasteiger partial charge >= 0.3 is 12.0 Å². The molecule has 0 aromatic heterocycles. The number of carboxylic acid groups (broad SMARTS) is 1. The Labute approximate surface area is 123 Å². The zero-order valence-electron chi connectivity index (χ0n) is 9.98. The van der Waals surface area contributed by atoms with Gasteiger partial charge in [0.25, 0.3) is 5.91 Å². The summed E-state index contributed by atoms with van der Waals surface area (Å²) in [4.78, 5) is 32.8. The molecule has 0 spiro atoms. The van der Waals surface area contributed by atoms with Crippen LogP contribution >= 0.6 is 23.2 Å². The van der Waals surface area contributed by atoms with E-state index in [2.05, 4.69) is 10.1 Å². The minimum atomic E-state index is -1.21. The summed E-state index contributed by atoms with van der Waals surface area (Å²) in [5.74, 6) is -2.00. The van der Waals surface area contributed by atoms with Crippen LogP contribution in [0, 0.1) is 0 Å². The topological polar surface area (TPSA) is 105 Å². The van der Waals surface area contributed by atoms with Gasteiger partial charge in [0.15, 0.2) is 0 Å². The number of carboxylic acids is 1. The van der Waals surface area contributed by atoms with Gasteiger partial charge in [0.05, 0.1) is 10.7 Å². The lowest BCUT2D eigenvalue weighted by Gasteiger charge is -2.08. The van der Waals surface area contributed by atoms with E-state index in [-0.39, 0.29) is 10.7 Å². The molecule has 0 saturated carbocycles. The highest BCUT2D eigenvalue weighted by Gasteiger charge is 2.10. The van der Waals surface area contributed by atoms with E-state index in [0.717, 1.165) is 0 Å². The summed E-state index contributed by atoms with van der Waals surface area (Å²) in [5.41, 5.74) is 0.232. The number of nitrogens with one attached hydrogen (secondary N) is 2. The number of rotatable bonds is 5. The van der Waals surface area contributed by atoms with Crippen molar-refractivity contribution in [2.75, 3.05) is 18.5 Å². The van der Waals surface area contributed by atoms with Crippen LogP contribution in [0.5, 0.6) is 0 Å². The van der Waals surface area contributed by atoms with Gasteiger partial charge < -0.3 is 15.2 Å².